The second kappa shape index (κ2) is 10.1. The topological polar surface area (TPSA) is 72.9 Å². The Morgan fingerprint density at radius 2 is 1.73 bits per heavy atom. The van der Waals surface area contributed by atoms with Crippen LogP contribution in [-0.2, 0) is 17.8 Å². The molecule has 2 saturated carbocycles. The van der Waals surface area contributed by atoms with Crippen molar-refractivity contribution >= 4 is 16.8 Å². The van der Waals surface area contributed by atoms with Gasteiger partial charge >= 0.3 is 0 Å². The predicted molar refractivity (Wildman–Crippen MR) is 134 cm³/mol. The van der Waals surface area contributed by atoms with Crippen LogP contribution in [0.1, 0.15) is 63.4 Å². The molecule has 5 rings (SSSR count). The van der Waals surface area contributed by atoms with Crippen LogP contribution >= 0.6 is 0 Å². The van der Waals surface area contributed by atoms with Crippen LogP contribution in [0.5, 0.6) is 0 Å². The van der Waals surface area contributed by atoms with Crippen LogP contribution in [0.3, 0.4) is 0 Å². The maximum Gasteiger partial charge on any atom is 0.224 e. The van der Waals surface area contributed by atoms with Gasteiger partial charge in [-0.2, -0.15) is 0 Å². The van der Waals surface area contributed by atoms with Gasteiger partial charge in [0.15, 0.2) is 0 Å². The molecule has 174 valence electrons. The lowest BCUT2D eigenvalue weighted by atomic mass is 9.89. The van der Waals surface area contributed by atoms with E-state index in [1.165, 1.54) is 48.6 Å². The van der Waals surface area contributed by atoms with E-state index >= 15 is 0 Å². The number of nitrogens with zero attached hydrogens (tertiary/aromatic N) is 2. The van der Waals surface area contributed by atoms with Crippen molar-refractivity contribution in [1.82, 2.24) is 14.9 Å². The van der Waals surface area contributed by atoms with E-state index < -0.39 is 0 Å². The lowest BCUT2D eigenvalue weighted by Gasteiger charge is -2.26. The molecule has 0 bridgehead atoms. The summed E-state index contributed by atoms with van der Waals surface area (Å²) in [4.78, 5) is 17.2. The van der Waals surface area contributed by atoms with Crippen LogP contribution < -0.4 is 11.1 Å². The van der Waals surface area contributed by atoms with E-state index in [4.69, 9.17) is 5.73 Å². The fraction of sp³-hybridized carbons (Fsp3) is 0.500. The van der Waals surface area contributed by atoms with Crippen molar-refractivity contribution in [1.29, 1.82) is 0 Å². The van der Waals surface area contributed by atoms with Gasteiger partial charge < -0.3 is 15.6 Å². The smallest absolute Gasteiger partial charge is 0.224 e. The highest BCUT2D eigenvalue weighted by molar-refractivity contribution is 5.92. The lowest BCUT2D eigenvalue weighted by Crippen LogP contribution is -2.41. The van der Waals surface area contributed by atoms with Gasteiger partial charge in [-0.25, -0.2) is 0 Å². The van der Waals surface area contributed by atoms with Crippen LogP contribution in [0.4, 0.5) is 0 Å². The molecule has 5 heteroatoms. The van der Waals surface area contributed by atoms with Crippen molar-refractivity contribution in [3.05, 3.63) is 54.5 Å². The average molecular weight is 445 g/mol. The molecule has 33 heavy (non-hydrogen) atoms. The van der Waals surface area contributed by atoms with E-state index in [-0.39, 0.29) is 11.9 Å². The van der Waals surface area contributed by atoms with Gasteiger partial charge in [-0.05, 0) is 85.4 Å². The molecule has 1 aromatic carbocycles. The number of nitrogens with two attached hydrogens (primary N) is 1. The number of hydrogen-bond acceptors (Lipinski definition) is 3. The number of fused-ring (bicyclic) bond motifs is 1. The van der Waals surface area contributed by atoms with Gasteiger partial charge in [0.25, 0.3) is 0 Å². The molecule has 5 nitrogen and oxygen atoms in total. The number of carbonyl (C=O) groups excluding carboxylic acids is 1. The number of hydrogen-bond donors (Lipinski definition) is 2. The molecule has 2 heterocycles. The molecule has 0 spiro atoms. The fourth-order valence-corrected chi connectivity index (χ4v) is 5.75. The minimum absolute atomic E-state index is 0.126. The van der Waals surface area contributed by atoms with Gasteiger partial charge in [-0.1, -0.05) is 25.3 Å². The van der Waals surface area contributed by atoms with Crippen molar-refractivity contribution in [3.63, 3.8) is 0 Å². The van der Waals surface area contributed by atoms with E-state index in [9.17, 15) is 4.79 Å². The molecule has 2 aliphatic rings. The minimum Gasteiger partial charge on any atom is -0.353 e. The van der Waals surface area contributed by atoms with E-state index in [2.05, 4.69) is 39.3 Å². The summed E-state index contributed by atoms with van der Waals surface area (Å²) in [5, 5.41) is 4.47. The zero-order chi connectivity index (χ0) is 22.6. The van der Waals surface area contributed by atoms with Gasteiger partial charge in [-0.15, -0.1) is 0 Å². The van der Waals surface area contributed by atoms with Crippen LogP contribution in [0.2, 0.25) is 0 Å². The van der Waals surface area contributed by atoms with Crippen LogP contribution in [-0.4, -0.2) is 27.5 Å². The molecule has 0 atom stereocenters. The first-order valence-electron chi connectivity index (χ1n) is 12.7. The van der Waals surface area contributed by atoms with Gasteiger partial charge in [0.1, 0.15) is 0 Å². The Balaban J connectivity index is 1.41. The fourth-order valence-electron chi connectivity index (χ4n) is 5.75. The first-order valence-corrected chi connectivity index (χ1v) is 12.7. The maximum absolute atomic E-state index is 13.0. The highest BCUT2D eigenvalue weighted by Crippen LogP contribution is 2.31. The van der Waals surface area contributed by atoms with E-state index in [1.807, 2.05) is 24.5 Å². The van der Waals surface area contributed by atoms with Crippen molar-refractivity contribution in [2.75, 3.05) is 0 Å². The van der Waals surface area contributed by atoms with Crippen molar-refractivity contribution in [3.8, 4) is 11.1 Å². The third kappa shape index (κ3) is 5.30. The minimum atomic E-state index is 0.126. The monoisotopic (exact) mass is 444 g/mol. The van der Waals surface area contributed by atoms with Crippen LogP contribution in [0.25, 0.3) is 22.0 Å². The second-order valence-corrected chi connectivity index (χ2v) is 10.1. The first-order chi connectivity index (χ1) is 16.2. The van der Waals surface area contributed by atoms with E-state index in [0.717, 1.165) is 49.3 Å². The van der Waals surface area contributed by atoms with Gasteiger partial charge in [0, 0.05) is 48.1 Å². The Kier molecular flexibility index (Phi) is 6.77. The molecule has 3 N–H and O–H groups in total. The third-order valence-electron chi connectivity index (χ3n) is 7.64. The number of aromatic nitrogens is 2. The molecular weight excluding hydrogens is 408 g/mol. The van der Waals surface area contributed by atoms with Crippen molar-refractivity contribution in [2.24, 2.45) is 11.7 Å². The molecule has 2 aliphatic carbocycles. The van der Waals surface area contributed by atoms with Crippen molar-refractivity contribution in [2.45, 2.75) is 82.8 Å². The summed E-state index contributed by atoms with van der Waals surface area (Å²) in [6.07, 6.45) is 17.0. The quantitative estimate of drug-likeness (QED) is 0.548. The first kappa shape index (κ1) is 22.1. The van der Waals surface area contributed by atoms with E-state index in [0.29, 0.717) is 12.5 Å². The molecular formula is C28H36N4O. The summed E-state index contributed by atoms with van der Waals surface area (Å²) in [5.74, 6) is 0.865. The molecule has 0 saturated heterocycles. The number of amides is 1. The Bertz CT molecular complexity index is 1080. The summed E-state index contributed by atoms with van der Waals surface area (Å²) >= 11 is 0. The summed E-state index contributed by atoms with van der Waals surface area (Å²) in [7, 11) is 0. The van der Waals surface area contributed by atoms with Gasteiger partial charge in [-0.3, -0.25) is 9.78 Å². The Morgan fingerprint density at radius 1 is 0.970 bits per heavy atom. The zero-order valence-corrected chi connectivity index (χ0v) is 19.5. The zero-order valence-electron chi connectivity index (χ0n) is 19.5. The number of benzene rings is 1. The second-order valence-electron chi connectivity index (χ2n) is 10.1. The summed E-state index contributed by atoms with van der Waals surface area (Å²) in [5.41, 5.74) is 10.7. The Labute approximate surface area is 196 Å². The number of pyridine rings is 1. The van der Waals surface area contributed by atoms with Crippen LogP contribution in [0.15, 0.2) is 48.9 Å². The molecule has 0 aliphatic heterocycles. The average Bonchev–Trinajstić information content (AvgIpc) is 3.18. The Hall–Kier alpha value is -2.66. The molecule has 3 aromatic rings. The van der Waals surface area contributed by atoms with E-state index in [1.54, 1.807) is 0 Å². The number of nitrogens with one attached hydrogen (secondary N) is 1. The third-order valence-corrected chi connectivity index (χ3v) is 7.64. The van der Waals surface area contributed by atoms with Gasteiger partial charge in [0.05, 0.1) is 6.42 Å². The highest BCUT2D eigenvalue weighted by Gasteiger charge is 2.22. The molecule has 2 aromatic heterocycles. The molecule has 0 radical (unpaired) electrons. The summed E-state index contributed by atoms with van der Waals surface area (Å²) in [6, 6.07) is 11.3. The van der Waals surface area contributed by atoms with Crippen LogP contribution in [0, 0.1) is 5.92 Å². The SMILES string of the molecule is N[C@H]1CC[C@H](NC(=O)Cc2cn(CC3CCCCC3)c3ccc(-c4ccncc4)cc23)CC1. The molecule has 2 fully saturated rings. The normalized spacial score (nSPS) is 21.8. The number of rotatable bonds is 6. The molecule has 0 unspecified atom stereocenters. The lowest BCUT2D eigenvalue weighted by molar-refractivity contribution is -0.121. The highest BCUT2D eigenvalue weighted by atomic mass is 16.1. The molecule has 1 amide bonds. The summed E-state index contributed by atoms with van der Waals surface area (Å²) < 4.78 is 2.41. The standard InChI is InChI=1S/C28H36N4O/c29-24-7-9-25(10-8-24)31-28(33)17-23-19-32(18-20-4-2-1-3-5-20)27-11-6-22(16-26(23)27)21-12-14-30-15-13-21/h6,11-16,19-20,24-25H,1-5,7-10,17-18,29H2,(H,31,33)/t24-,25-. The predicted octanol–water partition coefficient (Wildman–Crippen LogP) is 5.21. The summed E-state index contributed by atoms with van der Waals surface area (Å²) in [6.45, 7) is 1.05. The largest absolute Gasteiger partial charge is 0.353 e. The van der Waals surface area contributed by atoms with Crippen molar-refractivity contribution < 1.29 is 4.79 Å². The van der Waals surface area contributed by atoms with Gasteiger partial charge in [0.2, 0.25) is 5.91 Å². The Morgan fingerprint density at radius 3 is 2.48 bits per heavy atom. The number of carbonyl (C=O) groups is 1. The maximum atomic E-state index is 13.0.